The van der Waals surface area contributed by atoms with Crippen molar-refractivity contribution in [3.8, 4) is 5.69 Å². The van der Waals surface area contributed by atoms with Crippen molar-refractivity contribution in [3.63, 3.8) is 0 Å². The molecule has 0 N–H and O–H groups in total. The minimum Gasteiger partial charge on any atom is -0.295 e. The van der Waals surface area contributed by atoms with E-state index in [1.807, 2.05) is 35.9 Å². The van der Waals surface area contributed by atoms with Gasteiger partial charge in [-0.15, -0.1) is 16.7 Å². The number of aryl methyl sites for hydroxylation is 1. The maximum Gasteiger partial charge on any atom is 0.152 e. The molecular formula is C16H18ClN3O. The van der Waals surface area contributed by atoms with Crippen LogP contribution in [0.5, 0.6) is 0 Å². The van der Waals surface area contributed by atoms with Gasteiger partial charge in [0.05, 0.1) is 11.4 Å². The summed E-state index contributed by atoms with van der Waals surface area (Å²) in [5.41, 5.74) is 3.84. The number of benzene rings is 1. The maximum atomic E-state index is 11.1. The average molecular weight is 304 g/mol. The van der Waals surface area contributed by atoms with Crippen LogP contribution in [0.4, 0.5) is 0 Å². The molecule has 0 unspecified atom stereocenters. The molecule has 0 aliphatic carbocycles. The number of aromatic nitrogens is 3. The highest BCUT2D eigenvalue weighted by Crippen LogP contribution is 2.17. The third-order valence-electron chi connectivity index (χ3n) is 3.09. The molecule has 0 bridgehead atoms. The van der Waals surface area contributed by atoms with Crippen LogP contribution >= 0.6 is 11.6 Å². The first-order valence-corrected chi connectivity index (χ1v) is 7.41. The summed E-state index contributed by atoms with van der Waals surface area (Å²) in [6, 6.07) is 8.08. The van der Waals surface area contributed by atoms with Crippen molar-refractivity contribution in [2.45, 2.75) is 26.7 Å². The Morgan fingerprint density at radius 2 is 2.05 bits per heavy atom. The molecule has 110 valence electrons. The molecule has 2 rings (SSSR count). The molecule has 0 saturated carbocycles. The SMILES string of the molecule is CC(=O)/C=C/c1nnn(-c2ccc(C)cc2)c1CCCCl. The Labute approximate surface area is 129 Å². The van der Waals surface area contributed by atoms with Crippen LogP contribution in [-0.2, 0) is 11.2 Å². The maximum absolute atomic E-state index is 11.1. The molecule has 0 aliphatic heterocycles. The zero-order valence-corrected chi connectivity index (χ0v) is 13.0. The predicted molar refractivity (Wildman–Crippen MR) is 84.9 cm³/mol. The lowest BCUT2D eigenvalue weighted by atomic mass is 10.1. The van der Waals surface area contributed by atoms with Crippen LogP contribution in [0, 0.1) is 6.92 Å². The number of rotatable bonds is 6. The summed E-state index contributed by atoms with van der Waals surface area (Å²) < 4.78 is 1.81. The molecule has 1 aromatic heterocycles. The van der Waals surface area contributed by atoms with Crippen LogP contribution in [-0.4, -0.2) is 26.7 Å². The zero-order chi connectivity index (χ0) is 15.2. The molecule has 5 heteroatoms. The van der Waals surface area contributed by atoms with Gasteiger partial charge in [-0.3, -0.25) is 4.79 Å². The second kappa shape index (κ2) is 7.18. The summed E-state index contributed by atoms with van der Waals surface area (Å²) in [5.74, 6) is 0.567. The van der Waals surface area contributed by atoms with Gasteiger partial charge in [0.25, 0.3) is 0 Å². The highest BCUT2D eigenvalue weighted by molar-refractivity contribution is 6.17. The van der Waals surface area contributed by atoms with Gasteiger partial charge in [-0.1, -0.05) is 22.9 Å². The second-order valence-corrected chi connectivity index (χ2v) is 5.28. The summed E-state index contributed by atoms with van der Waals surface area (Å²) in [4.78, 5) is 11.1. The van der Waals surface area contributed by atoms with Crippen molar-refractivity contribution in [2.24, 2.45) is 0 Å². The molecule has 0 radical (unpaired) electrons. The van der Waals surface area contributed by atoms with Crippen LogP contribution in [0.15, 0.2) is 30.3 Å². The highest BCUT2D eigenvalue weighted by atomic mass is 35.5. The van der Waals surface area contributed by atoms with E-state index in [9.17, 15) is 4.79 Å². The molecule has 0 spiro atoms. The number of nitrogens with zero attached hydrogens (tertiary/aromatic N) is 3. The predicted octanol–water partition coefficient (Wildman–Crippen LogP) is 3.35. The molecule has 2 aromatic rings. The molecule has 0 amide bonds. The zero-order valence-electron chi connectivity index (χ0n) is 12.2. The standard InChI is InChI=1S/C16H18ClN3O/c1-12-5-8-14(9-6-12)20-16(4-3-11-17)15(18-19-20)10-7-13(2)21/h5-10H,3-4,11H2,1-2H3/b10-7+. The molecule has 0 atom stereocenters. The minimum absolute atomic E-state index is 0.0109. The first-order chi connectivity index (χ1) is 10.1. The van der Waals surface area contributed by atoms with E-state index in [-0.39, 0.29) is 5.78 Å². The number of allylic oxidation sites excluding steroid dienone is 1. The Kier molecular flexibility index (Phi) is 5.28. The van der Waals surface area contributed by atoms with Crippen LogP contribution in [0.1, 0.15) is 30.3 Å². The van der Waals surface area contributed by atoms with Crippen LogP contribution in [0.2, 0.25) is 0 Å². The topological polar surface area (TPSA) is 47.8 Å². The van der Waals surface area contributed by atoms with Crippen molar-refractivity contribution in [1.29, 1.82) is 0 Å². The number of carbonyl (C=O) groups is 1. The first-order valence-electron chi connectivity index (χ1n) is 6.88. The van der Waals surface area contributed by atoms with E-state index in [0.717, 1.165) is 29.9 Å². The fraction of sp³-hybridized carbons (Fsp3) is 0.312. The van der Waals surface area contributed by atoms with Crippen molar-refractivity contribution < 1.29 is 4.79 Å². The largest absolute Gasteiger partial charge is 0.295 e. The summed E-state index contributed by atoms with van der Waals surface area (Å²) in [5, 5.41) is 8.38. The van der Waals surface area contributed by atoms with E-state index in [2.05, 4.69) is 10.3 Å². The van der Waals surface area contributed by atoms with Gasteiger partial charge in [0.1, 0.15) is 5.69 Å². The van der Waals surface area contributed by atoms with E-state index < -0.39 is 0 Å². The Morgan fingerprint density at radius 3 is 2.67 bits per heavy atom. The fourth-order valence-corrected chi connectivity index (χ4v) is 2.13. The van der Waals surface area contributed by atoms with Gasteiger partial charge in [-0.2, -0.15) is 0 Å². The van der Waals surface area contributed by atoms with Crippen LogP contribution < -0.4 is 0 Å². The number of hydrogen-bond donors (Lipinski definition) is 0. The lowest BCUT2D eigenvalue weighted by Crippen LogP contribution is -2.03. The summed E-state index contributed by atoms with van der Waals surface area (Å²) in [7, 11) is 0. The molecular weight excluding hydrogens is 286 g/mol. The van der Waals surface area contributed by atoms with E-state index >= 15 is 0 Å². The number of halogens is 1. The van der Waals surface area contributed by atoms with Gasteiger partial charge in [-0.05, 0) is 51.0 Å². The summed E-state index contributed by atoms with van der Waals surface area (Å²) >= 11 is 5.80. The van der Waals surface area contributed by atoms with Crippen molar-refractivity contribution >= 4 is 23.5 Å². The normalized spacial score (nSPS) is 11.2. The monoisotopic (exact) mass is 303 g/mol. The molecule has 1 aromatic carbocycles. The van der Waals surface area contributed by atoms with E-state index in [1.54, 1.807) is 6.08 Å². The second-order valence-electron chi connectivity index (χ2n) is 4.91. The first kappa shape index (κ1) is 15.4. The van der Waals surface area contributed by atoms with E-state index in [0.29, 0.717) is 5.88 Å². The van der Waals surface area contributed by atoms with Crippen molar-refractivity contribution in [1.82, 2.24) is 15.0 Å². The van der Waals surface area contributed by atoms with E-state index in [1.165, 1.54) is 18.6 Å². The van der Waals surface area contributed by atoms with Gasteiger partial charge in [0, 0.05) is 5.88 Å². The molecule has 0 aliphatic rings. The fourth-order valence-electron chi connectivity index (χ4n) is 2.00. The molecule has 21 heavy (non-hydrogen) atoms. The quantitative estimate of drug-likeness (QED) is 0.607. The van der Waals surface area contributed by atoms with Crippen molar-refractivity contribution in [3.05, 3.63) is 47.3 Å². The Hall–Kier alpha value is -1.94. The molecule has 0 fully saturated rings. The van der Waals surface area contributed by atoms with Crippen LogP contribution in [0.25, 0.3) is 11.8 Å². The van der Waals surface area contributed by atoms with Gasteiger partial charge in [0.15, 0.2) is 5.78 Å². The number of alkyl halides is 1. The highest BCUT2D eigenvalue weighted by Gasteiger charge is 2.12. The Morgan fingerprint density at radius 1 is 1.33 bits per heavy atom. The molecule has 0 saturated heterocycles. The molecule has 1 heterocycles. The van der Waals surface area contributed by atoms with Crippen molar-refractivity contribution in [2.75, 3.05) is 5.88 Å². The van der Waals surface area contributed by atoms with Crippen LogP contribution in [0.3, 0.4) is 0 Å². The van der Waals surface area contributed by atoms with Gasteiger partial charge >= 0.3 is 0 Å². The van der Waals surface area contributed by atoms with Gasteiger partial charge < -0.3 is 0 Å². The average Bonchev–Trinajstić information content (AvgIpc) is 2.86. The number of carbonyl (C=O) groups excluding carboxylic acids is 1. The number of hydrogen-bond acceptors (Lipinski definition) is 3. The number of ketones is 1. The lowest BCUT2D eigenvalue weighted by molar-refractivity contribution is -0.112. The Balaban J connectivity index is 2.40. The third-order valence-corrected chi connectivity index (χ3v) is 3.36. The summed E-state index contributed by atoms with van der Waals surface area (Å²) in [6.07, 6.45) is 4.82. The Bertz CT molecular complexity index is 644. The van der Waals surface area contributed by atoms with Gasteiger partial charge in [-0.25, -0.2) is 4.68 Å². The lowest BCUT2D eigenvalue weighted by Gasteiger charge is -2.06. The van der Waals surface area contributed by atoms with Gasteiger partial charge in [0.2, 0.25) is 0 Å². The molecule has 4 nitrogen and oxygen atoms in total. The third kappa shape index (κ3) is 4.02. The smallest absolute Gasteiger partial charge is 0.152 e. The minimum atomic E-state index is -0.0109. The van der Waals surface area contributed by atoms with E-state index in [4.69, 9.17) is 11.6 Å². The summed E-state index contributed by atoms with van der Waals surface area (Å²) in [6.45, 7) is 3.56.